The third-order valence-electron chi connectivity index (χ3n) is 3.76. The van der Waals surface area contributed by atoms with Gasteiger partial charge in [0.1, 0.15) is 13.1 Å². The first kappa shape index (κ1) is 14.5. The lowest BCUT2D eigenvalue weighted by Crippen LogP contribution is -2.29. The summed E-state index contributed by atoms with van der Waals surface area (Å²) in [5, 5.41) is 4.84. The second-order valence-corrected chi connectivity index (χ2v) is 11.4. The molecule has 0 radical (unpaired) electrons. The summed E-state index contributed by atoms with van der Waals surface area (Å²) in [4.78, 5) is 0. The quantitative estimate of drug-likeness (QED) is 0.446. The van der Waals surface area contributed by atoms with Gasteiger partial charge in [-0.3, -0.25) is 0 Å². The largest absolute Gasteiger partial charge is 0.203 e. The summed E-state index contributed by atoms with van der Waals surface area (Å²) in [6.07, 6.45) is 8.67. The fourth-order valence-corrected chi connectivity index (χ4v) is 7.57. The molecule has 0 aliphatic heterocycles. The third kappa shape index (κ3) is 6.91. The van der Waals surface area contributed by atoms with Crippen LogP contribution in [0.15, 0.2) is 0 Å². The van der Waals surface area contributed by atoms with Crippen LogP contribution < -0.4 is 0 Å². The van der Waals surface area contributed by atoms with Crippen molar-refractivity contribution in [3.63, 3.8) is 0 Å². The molecule has 0 N–H and O–H groups in total. The second-order valence-electron chi connectivity index (χ2n) is 5.52. The van der Waals surface area contributed by atoms with Crippen molar-refractivity contribution in [2.75, 3.05) is 0 Å². The zero-order chi connectivity index (χ0) is 10.9. The summed E-state index contributed by atoms with van der Waals surface area (Å²) < 4.78 is 0. The number of unbranched alkanes of at least 4 members (excludes halogenated alkanes) is 3. The number of hydrogen-bond acceptors (Lipinski definition) is 0. The first-order chi connectivity index (χ1) is 6.68. The van der Waals surface area contributed by atoms with Crippen molar-refractivity contribution >= 4 is 13.1 Å². The van der Waals surface area contributed by atoms with Crippen LogP contribution in [0.5, 0.6) is 0 Å². The lowest BCUT2D eigenvalue weighted by molar-refractivity contribution is 0.795. The van der Waals surface area contributed by atoms with Crippen molar-refractivity contribution in [2.45, 2.75) is 80.9 Å². The zero-order valence-electron chi connectivity index (χ0n) is 10.9. The van der Waals surface area contributed by atoms with Gasteiger partial charge in [-0.1, -0.05) is 59.3 Å². The van der Waals surface area contributed by atoms with E-state index in [0.29, 0.717) is 0 Å². The van der Waals surface area contributed by atoms with Gasteiger partial charge in [-0.25, -0.2) is 5.79 Å². The van der Waals surface area contributed by atoms with Crippen LogP contribution in [0, 0.1) is 0 Å². The van der Waals surface area contributed by atoms with E-state index in [1.165, 1.54) is 38.5 Å². The second kappa shape index (κ2) is 8.81. The molecule has 0 fully saturated rings. The number of rotatable bonds is 9. The monoisotopic (exact) mass is 213 g/mol. The molecule has 0 aromatic carbocycles. The van der Waals surface area contributed by atoms with Crippen LogP contribution in [0.25, 0.3) is 0 Å². The Morgan fingerprint density at radius 2 is 0.929 bits per heavy atom. The van der Waals surface area contributed by atoms with Gasteiger partial charge in [0.15, 0.2) is 0 Å². The molecule has 0 unspecified atom stereocenters. The standard InChI is InChI=1S/3C4H9.CH3.Al/c3*1-3-4-2;;/h3*1,3-4H2,2H3;1H3;/q;;;;-1. The number of hydrogen-bond donors (Lipinski definition) is 0. The van der Waals surface area contributed by atoms with Crippen molar-refractivity contribution in [1.82, 2.24) is 0 Å². The maximum Gasteiger partial charge on any atom is 0.131 e. The molecule has 0 saturated heterocycles. The molecule has 0 heterocycles. The van der Waals surface area contributed by atoms with Crippen LogP contribution in [0.4, 0.5) is 0 Å². The minimum absolute atomic E-state index is 1.11. The average molecular weight is 213 g/mol. The summed E-state index contributed by atoms with van der Waals surface area (Å²) in [6.45, 7) is 7.00. The molecule has 0 aromatic rings. The first-order valence-electron chi connectivity index (χ1n) is 6.92. The lowest BCUT2D eigenvalue weighted by atomic mass is 10.4. The van der Waals surface area contributed by atoms with Gasteiger partial charge in [-0.2, -0.15) is 15.8 Å². The molecule has 0 saturated carbocycles. The normalized spacial score (nSPS) is 12.0. The molecule has 0 aliphatic carbocycles. The third-order valence-corrected chi connectivity index (χ3v) is 9.17. The average Bonchev–Trinajstić information content (AvgIpc) is 2.21. The fraction of sp³-hybridized carbons (Fsp3) is 1.00. The highest BCUT2D eigenvalue weighted by atomic mass is 27.2. The van der Waals surface area contributed by atoms with E-state index in [4.69, 9.17) is 0 Å². The van der Waals surface area contributed by atoms with E-state index in [2.05, 4.69) is 26.6 Å². The summed E-state index contributed by atoms with van der Waals surface area (Å²) in [5.74, 6) is 2.67. The zero-order valence-corrected chi connectivity index (χ0v) is 12.1. The van der Waals surface area contributed by atoms with Crippen molar-refractivity contribution in [1.29, 1.82) is 0 Å². The van der Waals surface area contributed by atoms with E-state index in [0.717, 1.165) is 0 Å². The predicted octanol–water partition coefficient (Wildman–Crippen LogP) is 5.47. The van der Waals surface area contributed by atoms with Gasteiger partial charge in [0.25, 0.3) is 0 Å². The molecule has 0 amide bonds. The smallest absolute Gasteiger partial charge is 0.131 e. The van der Waals surface area contributed by atoms with Crippen LogP contribution in [0.2, 0.25) is 21.6 Å². The molecule has 14 heavy (non-hydrogen) atoms. The van der Waals surface area contributed by atoms with Gasteiger partial charge in [0.05, 0.1) is 0 Å². The van der Waals surface area contributed by atoms with Crippen molar-refractivity contribution in [2.24, 2.45) is 0 Å². The van der Waals surface area contributed by atoms with E-state index < -0.39 is 13.1 Å². The Hall–Kier alpha value is 0.532. The van der Waals surface area contributed by atoms with Crippen molar-refractivity contribution in [3.8, 4) is 0 Å². The van der Waals surface area contributed by atoms with Crippen LogP contribution in [0.1, 0.15) is 59.3 Å². The first-order valence-corrected chi connectivity index (χ1v) is 10.5. The molecule has 0 nitrogen and oxygen atoms in total. The van der Waals surface area contributed by atoms with Gasteiger partial charge in [-0.15, -0.1) is 0 Å². The van der Waals surface area contributed by atoms with E-state index in [1.807, 2.05) is 0 Å². The molecular formula is C13H30Al-. The van der Waals surface area contributed by atoms with Crippen LogP contribution in [-0.2, 0) is 0 Å². The fourth-order valence-electron chi connectivity index (χ4n) is 2.52. The molecule has 0 atom stereocenters. The minimum atomic E-state index is -1.11. The highest BCUT2D eigenvalue weighted by molar-refractivity contribution is 6.78. The van der Waals surface area contributed by atoms with E-state index in [1.54, 1.807) is 15.8 Å². The molecule has 0 bridgehead atoms. The van der Waals surface area contributed by atoms with Gasteiger partial charge in [0, 0.05) is 0 Å². The molecule has 0 aromatic heterocycles. The SMILES string of the molecule is CCC[CH2][Al-]([CH3])([CH2]CCC)[CH2]CCC. The Morgan fingerprint density at radius 3 is 1.14 bits per heavy atom. The van der Waals surface area contributed by atoms with Gasteiger partial charge in [-0.05, 0) is 0 Å². The molecule has 86 valence electrons. The van der Waals surface area contributed by atoms with Crippen molar-refractivity contribution in [3.05, 3.63) is 0 Å². The van der Waals surface area contributed by atoms with E-state index in [9.17, 15) is 0 Å². The van der Waals surface area contributed by atoms with E-state index in [-0.39, 0.29) is 0 Å². The summed E-state index contributed by atoms with van der Waals surface area (Å²) in [5.41, 5.74) is 0. The Labute approximate surface area is 94.2 Å². The van der Waals surface area contributed by atoms with Crippen LogP contribution in [0.3, 0.4) is 0 Å². The summed E-state index contributed by atoms with van der Waals surface area (Å²) in [6, 6.07) is 0. The topological polar surface area (TPSA) is 0 Å². The van der Waals surface area contributed by atoms with Gasteiger partial charge < -0.3 is 0 Å². The van der Waals surface area contributed by atoms with E-state index >= 15 is 0 Å². The van der Waals surface area contributed by atoms with Crippen molar-refractivity contribution < 1.29 is 0 Å². The molecule has 0 aliphatic rings. The maximum atomic E-state index is 2.67. The maximum absolute atomic E-state index is 2.67. The molecule has 0 spiro atoms. The lowest BCUT2D eigenvalue weighted by Gasteiger charge is -2.31. The van der Waals surface area contributed by atoms with Crippen LogP contribution >= 0.6 is 0 Å². The summed E-state index contributed by atoms with van der Waals surface area (Å²) in [7, 11) is 0. The Balaban J connectivity index is 3.89. The molecule has 0 rings (SSSR count). The van der Waals surface area contributed by atoms with Gasteiger partial charge in [0.2, 0.25) is 0 Å². The molecule has 1 heteroatoms. The predicted molar refractivity (Wildman–Crippen MR) is 70.8 cm³/mol. The highest BCUT2D eigenvalue weighted by Gasteiger charge is 2.21. The Bertz CT molecular complexity index is 98.6. The Morgan fingerprint density at radius 1 is 0.643 bits per heavy atom. The Kier molecular flexibility index (Phi) is 9.14. The van der Waals surface area contributed by atoms with Crippen LogP contribution in [-0.4, -0.2) is 13.1 Å². The summed E-state index contributed by atoms with van der Waals surface area (Å²) >= 11 is -1.11. The minimum Gasteiger partial charge on any atom is -0.203 e. The highest BCUT2D eigenvalue weighted by Crippen LogP contribution is 2.27. The van der Waals surface area contributed by atoms with Gasteiger partial charge >= 0.3 is 0 Å². The molecular weight excluding hydrogens is 183 g/mol.